The second kappa shape index (κ2) is 8.79. The van der Waals surface area contributed by atoms with Gasteiger partial charge in [-0.25, -0.2) is 13.2 Å². The van der Waals surface area contributed by atoms with E-state index in [1.807, 2.05) is 0 Å². The predicted molar refractivity (Wildman–Crippen MR) is 106 cm³/mol. The summed E-state index contributed by atoms with van der Waals surface area (Å²) >= 11 is 0. The highest BCUT2D eigenvalue weighted by molar-refractivity contribution is 7.92. The number of sulfone groups is 1. The monoisotopic (exact) mass is 402 g/mol. The van der Waals surface area contributed by atoms with E-state index in [0.717, 1.165) is 6.08 Å². The highest BCUT2D eigenvalue weighted by Crippen LogP contribution is 2.24. The molecule has 148 valence electrons. The van der Waals surface area contributed by atoms with Gasteiger partial charge in [-0.2, -0.15) is 0 Å². The second-order valence-electron chi connectivity index (χ2n) is 6.64. The number of carboxylic acids is 1. The predicted octanol–water partition coefficient (Wildman–Crippen LogP) is 2.19. The van der Waals surface area contributed by atoms with Gasteiger partial charge in [0.25, 0.3) is 0 Å². The van der Waals surface area contributed by atoms with Gasteiger partial charge >= 0.3 is 5.97 Å². The normalized spacial score (nSPS) is 12.1. The molecule has 0 aliphatic carbocycles. The first kappa shape index (κ1) is 21.3. The summed E-state index contributed by atoms with van der Waals surface area (Å²) in [5, 5.41) is 11.4. The molecule has 0 saturated heterocycles. The van der Waals surface area contributed by atoms with Crippen LogP contribution in [0.4, 0.5) is 0 Å². The Morgan fingerprint density at radius 2 is 1.82 bits per heavy atom. The lowest BCUT2D eigenvalue weighted by Crippen LogP contribution is -2.48. The summed E-state index contributed by atoms with van der Waals surface area (Å²) in [4.78, 5) is 27.4. The minimum Gasteiger partial charge on any atom is -0.478 e. The van der Waals surface area contributed by atoms with Crippen LogP contribution in [0.2, 0.25) is 0 Å². The van der Waals surface area contributed by atoms with Crippen molar-refractivity contribution < 1.29 is 23.1 Å². The molecule has 2 aromatic rings. The van der Waals surface area contributed by atoms with Gasteiger partial charge in [0.05, 0.1) is 18.0 Å². The van der Waals surface area contributed by atoms with Gasteiger partial charge in [0, 0.05) is 12.3 Å². The SMILES string of the molecule is CC(C)(C(=O)NCc1ccccn1)S(=O)(=O)Cc1ccccc1/C=C/C(=O)O. The Labute approximate surface area is 164 Å². The number of aliphatic carboxylic acids is 1. The van der Waals surface area contributed by atoms with Crippen LogP contribution in [-0.2, 0) is 31.7 Å². The van der Waals surface area contributed by atoms with E-state index in [1.54, 1.807) is 48.7 Å². The van der Waals surface area contributed by atoms with Crippen LogP contribution < -0.4 is 5.32 Å². The van der Waals surface area contributed by atoms with E-state index < -0.39 is 32.2 Å². The summed E-state index contributed by atoms with van der Waals surface area (Å²) < 4.78 is 24.2. The highest BCUT2D eigenvalue weighted by Gasteiger charge is 2.41. The molecule has 0 radical (unpaired) electrons. The Kier molecular flexibility index (Phi) is 6.69. The van der Waals surface area contributed by atoms with Gasteiger partial charge in [-0.3, -0.25) is 9.78 Å². The number of aromatic nitrogens is 1. The van der Waals surface area contributed by atoms with E-state index in [9.17, 15) is 18.0 Å². The minimum absolute atomic E-state index is 0.122. The Morgan fingerprint density at radius 3 is 2.46 bits per heavy atom. The molecule has 2 rings (SSSR count). The second-order valence-corrected chi connectivity index (χ2v) is 9.18. The van der Waals surface area contributed by atoms with Gasteiger partial charge in [0.2, 0.25) is 5.91 Å². The Bertz CT molecular complexity index is 983. The van der Waals surface area contributed by atoms with Crippen LogP contribution in [0.3, 0.4) is 0 Å². The third kappa shape index (κ3) is 5.26. The van der Waals surface area contributed by atoms with Crippen molar-refractivity contribution in [1.82, 2.24) is 10.3 Å². The topological polar surface area (TPSA) is 113 Å². The Morgan fingerprint density at radius 1 is 1.14 bits per heavy atom. The lowest BCUT2D eigenvalue weighted by atomic mass is 10.1. The molecule has 0 spiro atoms. The van der Waals surface area contributed by atoms with E-state index in [-0.39, 0.29) is 6.54 Å². The summed E-state index contributed by atoms with van der Waals surface area (Å²) in [6.07, 6.45) is 3.86. The van der Waals surface area contributed by atoms with Gasteiger partial charge < -0.3 is 10.4 Å². The molecule has 1 heterocycles. The van der Waals surface area contributed by atoms with Gasteiger partial charge in [0.15, 0.2) is 9.84 Å². The molecule has 7 nitrogen and oxygen atoms in total. The van der Waals surface area contributed by atoms with Crippen LogP contribution in [0, 0.1) is 0 Å². The summed E-state index contributed by atoms with van der Waals surface area (Å²) in [6.45, 7) is 2.83. The zero-order chi connectivity index (χ0) is 20.8. The zero-order valence-electron chi connectivity index (χ0n) is 15.6. The number of nitrogens with zero attached hydrogens (tertiary/aromatic N) is 1. The molecule has 1 amide bonds. The number of hydrogen-bond acceptors (Lipinski definition) is 5. The molecule has 2 N–H and O–H groups in total. The van der Waals surface area contributed by atoms with Crippen molar-refractivity contribution >= 4 is 27.8 Å². The summed E-state index contributed by atoms with van der Waals surface area (Å²) in [6, 6.07) is 11.8. The first-order chi connectivity index (χ1) is 13.1. The van der Waals surface area contributed by atoms with E-state index >= 15 is 0 Å². The lowest BCUT2D eigenvalue weighted by molar-refractivity contribution is -0.131. The van der Waals surface area contributed by atoms with Gasteiger partial charge in [-0.05, 0) is 43.2 Å². The van der Waals surface area contributed by atoms with Crippen molar-refractivity contribution in [3.05, 3.63) is 71.6 Å². The summed E-state index contributed by atoms with van der Waals surface area (Å²) in [7, 11) is -3.89. The van der Waals surface area contributed by atoms with E-state index in [4.69, 9.17) is 5.11 Å². The quantitative estimate of drug-likeness (QED) is 0.655. The third-order valence-corrected chi connectivity index (χ3v) is 6.72. The van der Waals surface area contributed by atoms with E-state index in [1.165, 1.54) is 19.9 Å². The van der Waals surface area contributed by atoms with Crippen LogP contribution >= 0.6 is 0 Å². The fourth-order valence-corrected chi connectivity index (χ4v) is 3.79. The molecule has 0 unspecified atom stereocenters. The van der Waals surface area contributed by atoms with Crippen molar-refractivity contribution in [3.63, 3.8) is 0 Å². The molecular weight excluding hydrogens is 380 g/mol. The largest absolute Gasteiger partial charge is 0.478 e. The highest BCUT2D eigenvalue weighted by atomic mass is 32.2. The standard InChI is InChI=1S/C20H22N2O5S/c1-20(2,19(25)22-13-17-9-5-6-12-21-17)28(26,27)14-16-8-4-3-7-15(16)10-11-18(23)24/h3-12H,13-14H2,1-2H3,(H,22,25)(H,23,24)/b11-10+. The number of carbonyl (C=O) groups excluding carboxylic acids is 1. The van der Waals surface area contributed by atoms with Crippen LogP contribution in [0.15, 0.2) is 54.7 Å². The number of pyridine rings is 1. The van der Waals surface area contributed by atoms with Crippen molar-refractivity contribution in [3.8, 4) is 0 Å². The molecule has 28 heavy (non-hydrogen) atoms. The molecule has 0 atom stereocenters. The minimum atomic E-state index is -3.89. The van der Waals surface area contributed by atoms with Crippen molar-refractivity contribution in [1.29, 1.82) is 0 Å². The number of benzene rings is 1. The van der Waals surface area contributed by atoms with Gasteiger partial charge in [0.1, 0.15) is 4.75 Å². The number of carbonyl (C=O) groups is 2. The number of hydrogen-bond donors (Lipinski definition) is 2. The van der Waals surface area contributed by atoms with Crippen LogP contribution in [0.25, 0.3) is 6.08 Å². The van der Waals surface area contributed by atoms with Crippen LogP contribution in [-0.4, -0.2) is 35.1 Å². The van der Waals surface area contributed by atoms with Gasteiger partial charge in [-0.15, -0.1) is 0 Å². The first-order valence-electron chi connectivity index (χ1n) is 8.53. The number of rotatable bonds is 8. The molecular formula is C20H22N2O5S. The molecule has 1 aromatic heterocycles. The Balaban J connectivity index is 2.18. The van der Waals surface area contributed by atoms with E-state index in [0.29, 0.717) is 16.8 Å². The van der Waals surface area contributed by atoms with Crippen molar-refractivity contribution in [2.75, 3.05) is 0 Å². The maximum Gasteiger partial charge on any atom is 0.328 e. The molecule has 0 aliphatic rings. The molecule has 0 bridgehead atoms. The number of amides is 1. The molecule has 0 aliphatic heterocycles. The zero-order valence-corrected chi connectivity index (χ0v) is 16.4. The number of nitrogens with one attached hydrogen (secondary N) is 1. The molecule has 8 heteroatoms. The van der Waals surface area contributed by atoms with Crippen LogP contribution in [0.1, 0.15) is 30.7 Å². The third-order valence-electron chi connectivity index (χ3n) is 4.29. The summed E-state index contributed by atoms with van der Waals surface area (Å²) in [5.41, 5.74) is 1.51. The first-order valence-corrected chi connectivity index (χ1v) is 10.2. The smallest absolute Gasteiger partial charge is 0.328 e. The average Bonchev–Trinajstić information content (AvgIpc) is 2.65. The van der Waals surface area contributed by atoms with Crippen LogP contribution in [0.5, 0.6) is 0 Å². The molecule has 0 saturated carbocycles. The van der Waals surface area contributed by atoms with Crippen molar-refractivity contribution in [2.24, 2.45) is 0 Å². The lowest BCUT2D eigenvalue weighted by Gasteiger charge is -2.24. The molecule has 1 aromatic carbocycles. The van der Waals surface area contributed by atoms with E-state index in [2.05, 4.69) is 10.3 Å². The maximum atomic E-state index is 12.9. The maximum absolute atomic E-state index is 12.9. The van der Waals surface area contributed by atoms with Gasteiger partial charge in [-0.1, -0.05) is 30.3 Å². The molecule has 0 fully saturated rings. The van der Waals surface area contributed by atoms with Crippen molar-refractivity contribution in [2.45, 2.75) is 30.9 Å². The fraction of sp³-hybridized carbons (Fsp3) is 0.250. The Hall–Kier alpha value is -3.00. The fourth-order valence-electron chi connectivity index (χ4n) is 2.40. The average molecular weight is 402 g/mol. The summed E-state index contributed by atoms with van der Waals surface area (Å²) in [5.74, 6) is -2.15. The number of carboxylic acid groups (broad SMARTS) is 1.